The number of nitrogens with one attached hydrogen (secondary N) is 2. The zero-order valence-electron chi connectivity index (χ0n) is 23.0. The van der Waals surface area contributed by atoms with Crippen LogP contribution >= 0.6 is 22.9 Å². The summed E-state index contributed by atoms with van der Waals surface area (Å²) in [7, 11) is -7.73. The van der Waals surface area contributed by atoms with Crippen molar-refractivity contribution in [2.45, 2.75) is 49.6 Å². The lowest BCUT2D eigenvalue weighted by Crippen LogP contribution is -2.55. The van der Waals surface area contributed by atoms with E-state index >= 15 is 0 Å². The molecular formula is C27H33ClN4O7S3. The number of hydrogen-bond donors (Lipinski definition) is 2. The highest BCUT2D eigenvalue weighted by atomic mass is 35.5. The molecule has 2 N–H and O–H groups in total. The fourth-order valence-corrected chi connectivity index (χ4v) is 8.17. The van der Waals surface area contributed by atoms with Crippen LogP contribution in [-0.2, 0) is 34.2 Å². The van der Waals surface area contributed by atoms with Crippen molar-refractivity contribution in [1.29, 1.82) is 0 Å². The Morgan fingerprint density at radius 3 is 2.45 bits per heavy atom. The van der Waals surface area contributed by atoms with Gasteiger partial charge in [-0.05, 0) is 62.9 Å². The Hall–Kier alpha value is -2.78. The van der Waals surface area contributed by atoms with Crippen molar-refractivity contribution < 1.29 is 31.2 Å². The number of carbonyl (C=O) groups excluding carboxylic acids is 3. The third kappa shape index (κ3) is 8.63. The zero-order chi connectivity index (χ0) is 30.5. The topological polar surface area (TPSA) is 150 Å². The van der Waals surface area contributed by atoms with Crippen LogP contribution in [0, 0.1) is 6.92 Å². The van der Waals surface area contributed by atoms with Crippen LogP contribution in [0.15, 0.2) is 46.7 Å². The smallest absolute Gasteiger partial charge is 0.242 e. The summed E-state index contributed by atoms with van der Waals surface area (Å²) in [6, 6.07) is 8.26. The van der Waals surface area contributed by atoms with E-state index in [1.807, 2.05) is 6.92 Å². The number of amides is 3. The van der Waals surface area contributed by atoms with Crippen LogP contribution in [0.2, 0.25) is 4.34 Å². The predicted octanol–water partition coefficient (Wildman–Crippen LogP) is 2.17. The first-order chi connectivity index (χ1) is 19.8. The Morgan fingerprint density at radius 1 is 1.05 bits per heavy atom. The fourth-order valence-electron chi connectivity index (χ4n) is 4.93. The average Bonchev–Trinajstić information content (AvgIpc) is 3.57. The number of likely N-dealkylation sites (tertiary alicyclic amines) is 2. The lowest BCUT2D eigenvalue weighted by atomic mass is 10.1. The van der Waals surface area contributed by atoms with Gasteiger partial charge in [0.25, 0.3) is 0 Å². The van der Waals surface area contributed by atoms with Crippen molar-refractivity contribution in [2.75, 3.05) is 31.9 Å². The van der Waals surface area contributed by atoms with Crippen LogP contribution in [0.4, 0.5) is 0 Å². The highest BCUT2D eigenvalue weighted by molar-refractivity contribution is 7.92. The molecule has 3 amide bonds. The highest BCUT2D eigenvalue weighted by Gasteiger charge is 2.35. The van der Waals surface area contributed by atoms with Crippen LogP contribution in [0.1, 0.15) is 36.1 Å². The van der Waals surface area contributed by atoms with Gasteiger partial charge in [0.15, 0.2) is 9.84 Å². The Morgan fingerprint density at radius 2 is 1.76 bits per heavy atom. The predicted molar refractivity (Wildman–Crippen MR) is 161 cm³/mol. The molecule has 2 aromatic rings. The molecule has 2 saturated heterocycles. The summed E-state index contributed by atoms with van der Waals surface area (Å²) in [6.07, 6.45) is 3.55. The molecule has 2 aliphatic rings. The van der Waals surface area contributed by atoms with Gasteiger partial charge in [0.1, 0.15) is 11.8 Å². The normalized spacial score (nSPS) is 19.9. The Balaban J connectivity index is 1.29. The van der Waals surface area contributed by atoms with Gasteiger partial charge in [-0.1, -0.05) is 29.3 Å². The Labute approximate surface area is 254 Å². The molecule has 3 heterocycles. The maximum atomic E-state index is 13.2. The van der Waals surface area contributed by atoms with Crippen molar-refractivity contribution in [1.82, 2.24) is 19.8 Å². The van der Waals surface area contributed by atoms with Gasteiger partial charge in [0.05, 0.1) is 15.8 Å². The zero-order valence-corrected chi connectivity index (χ0v) is 26.2. The molecule has 2 atom stereocenters. The van der Waals surface area contributed by atoms with Crippen molar-refractivity contribution in [3.63, 3.8) is 0 Å². The maximum absolute atomic E-state index is 13.2. The first-order valence-electron chi connectivity index (χ1n) is 13.4. The summed E-state index contributed by atoms with van der Waals surface area (Å²) in [5.74, 6) is -2.15. The third-order valence-electron chi connectivity index (χ3n) is 7.10. The molecule has 15 heteroatoms. The molecule has 4 rings (SSSR count). The number of rotatable bonds is 11. The standard InChI is InChI=1S/C27H33ClN4O7S3/c1-19-6-9-22(10-7-19)41(36,37)18-25(33)29-16-20-4-2-14-32(20)26(34)17-31-13-3-5-23(27(31)35)30-42(38,39)15-12-21-8-11-24(28)40-21/h6-12,15,20,23,30H,2-5,13-14,16-18H2,1H3,(H,29,33)/b15-12+/t20-,23-/m0/s1. The summed E-state index contributed by atoms with van der Waals surface area (Å²) in [4.78, 5) is 42.4. The number of hydrogen-bond acceptors (Lipinski definition) is 8. The summed E-state index contributed by atoms with van der Waals surface area (Å²) < 4.78 is 53.2. The molecule has 1 aromatic heterocycles. The van der Waals surface area contributed by atoms with E-state index in [4.69, 9.17) is 11.6 Å². The monoisotopic (exact) mass is 656 g/mol. The van der Waals surface area contributed by atoms with Crippen LogP contribution in [-0.4, -0.2) is 88.4 Å². The Kier molecular flexibility index (Phi) is 10.5. The number of benzene rings is 1. The molecule has 0 radical (unpaired) electrons. The van der Waals surface area contributed by atoms with Crippen LogP contribution in [0.3, 0.4) is 0 Å². The molecule has 0 bridgehead atoms. The summed E-state index contributed by atoms with van der Waals surface area (Å²) in [6.45, 7) is 2.47. The lowest BCUT2D eigenvalue weighted by molar-refractivity contribution is -0.143. The van der Waals surface area contributed by atoms with Crippen LogP contribution in [0.25, 0.3) is 6.08 Å². The molecule has 0 saturated carbocycles. The van der Waals surface area contributed by atoms with Gasteiger partial charge in [-0.2, -0.15) is 4.72 Å². The molecule has 228 valence electrons. The fraction of sp³-hybridized carbons (Fsp3) is 0.444. The van der Waals surface area contributed by atoms with Gasteiger partial charge >= 0.3 is 0 Å². The van der Waals surface area contributed by atoms with Crippen molar-refractivity contribution >= 4 is 66.6 Å². The molecular weight excluding hydrogens is 624 g/mol. The van der Waals surface area contributed by atoms with E-state index in [1.165, 1.54) is 34.4 Å². The molecule has 1 aromatic carbocycles. The maximum Gasteiger partial charge on any atom is 0.242 e. The second-order valence-electron chi connectivity index (χ2n) is 10.3. The molecule has 0 aliphatic carbocycles. The quantitative estimate of drug-likeness (QED) is 0.376. The molecule has 0 unspecified atom stereocenters. The van der Waals surface area contributed by atoms with Gasteiger partial charge in [-0.3, -0.25) is 14.4 Å². The van der Waals surface area contributed by atoms with E-state index in [0.29, 0.717) is 48.0 Å². The van der Waals surface area contributed by atoms with Gasteiger partial charge in [0, 0.05) is 36.0 Å². The van der Waals surface area contributed by atoms with Crippen molar-refractivity contribution in [3.8, 4) is 0 Å². The number of sulfonamides is 1. The first-order valence-corrected chi connectivity index (χ1v) is 17.8. The number of halogens is 1. The second kappa shape index (κ2) is 13.7. The number of piperidine rings is 1. The van der Waals surface area contributed by atoms with E-state index in [1.54, 1.807) is 29.2 Å². The van der Waals surface area contributed by atoms with E-state index < -0.39 is 43.5 Å². The molecule has 2 fully saturated rings. The second-order valence-corrected chi connectivity index (χ2v) is 15.7. The van der Waals surface area contributed by atoms with Crippen molar-refractivity contribution in [3.05, 3.63) is 56.6 Å². The van der Waals surface area contributed by atoms with Crippen LogP contribution in [0.5, 0.6) is 0 Å². The van der Waals surface area contributed by atoms with Gasteiger partial charge in [-0.25, -0.2) is 16.8 Å². The number of sulfone groups is 1. The molecule has 2 aliphatic heterocycles. The van der Waals surface area contributed by atoms with Gasteiger partial charge < -0.3 is 15.1 Å². The minimum absolute atomic E-state index is 0.0659. The van der Waals surface area contributed by atoms with Gasteiger partial charge in [-0.15, -0.1) is 11.3 Å². The van der Waals surface area contributed by atoms with Gasteiger partial charge in [0.2, 0.25) is 27.7 Å². The third-order valence-corrected chi connectivity index (χ3v) is 11.0. The number of nitrogens with zero attached hydrogens (tertiary/aromatic N) is 2. The SMILES string of the molecule is Cc1ccc(S(=O)(=O)CC(=O)NC[C@@H]2CCCN2C(=O)CN2CCC[C@H](NS(=O)(=O)/C=C/c3ccc(Cl)s3)C2=O)cc1. The summed E-state index contributed by atoms with van der Waals surface area (Å²) in [5, 5.41) is 3.62. The molecule has 42 heavy (non-hydrogen) atoms. The molecule has 0 spiro atoms. The lowest BCUT2D eigenvalue weighted by Gasteiger charge is -2.34. The minimum atomic E-state index is -3.92. The number of aryl methyl sites for hydroxylation is 1. The summed E-state index contributed by atoms with van der Waals surface area (Å²) >= 11 is 7.10. The van der Waals surface area contributed by atoms with E-state index in [9.17, 15) is 31.2 Å². The molecule has 11 nitrogen and oxygen atoms in total. The van der Waals surface area contributed by atoms with E-state index in [-0.39, 0.29) is 29.9 Å². The number of carbonyl (C=O) groups is 3. The highest BCUT2D eigenvalue weighted by Crippen LogP contribution is 2.23. The first kappa shape index (κ1) is 32.1. The average molecular weight is 657 g/mol. The van der Waals surface area contributed by atoms with Crippen molar-refractivity contribution in [2.24, 2.45) is 0 Å². The Bertz CT molecular complexity index is 1560. The largest absolute Gasteiger partial charge is 0.353 e. The minimum Gasteiger partial charge on any atom is -0.353 e. The number of thiophene rings is 1. The van der Waals surface area contributed by atoms with E-state index in [2.05, 4.69) is 10.0 Å². The van der Waals surface area contributed by atoms with Crippen LogP contribution < -0.4 is 10.0 Å². The van der Waals surface area contributed by atoms with E-state index in [0.717, 1.165) is 11.0 Å². The summed E-state index contributed by atoms with van der Waals surface area (Å²) in [5.41, 5.74) is 0.903.